The van der Waals surface area contributed by atoms with Gasteiger partial charge in [0.05, 0.1) is 18.4 Å². The van der Waals surface area contributed by atoms with Crippen molar-refractivity contribution in [2.45, 2.75) is 108 Å². The van der Waals surface area contributed by atoms with Crippen molar-refractivity contribution in [3.8, 4) is 11.6 Å². The van der Waals surface area contributed by atoms with E-state index >= 15 is 0 Å². The number of nitrogens with one attached hydrogen (secondary N) is 3. The van der Waals surface area contributed by atoms with Crippen LogP contribution in [0, 0.1) is 11.3 Å². The smallest absolute Gasteiger partial charge is 0.408 e. The highest BCUT2D eigenvalue weighted by atomic mass is 32.2. The predicted octanol–water partition coefficient (Wildman–Crippen LogP) is 3.59. The van der Waals surface area contributed by atoms with Crippen LogP contribution in [-0.4, -0.2) is 89.8 Å². The topological polar surface area (TPSA) is 182 Å². The van der Waals surface area contributed by atoms with E-state index in [1.54, 1.807) is 73.9 Å². The number of alkyl carbamates (subject to hydrolysis) is 1. The second-order valence-corrected chi connectivity index (χ2v) is 18.2. The number of hydrogen-bond acceptors (Lipinski definition) is 10. The molecule has 2 heterocycles. The second kappa shape index (κ2) is 13.3. The van der Waals surface area contributed by atoms with E-state index in [9.17, 15) is 27.6 Å². The summed E-state index contributed by atoms with van der Waals surface area (Å²) in [5.74, 6) is -1.69. The lowest BCUT2D eigenvalue weighted by Gasteiger charge is -2.36. The van der Waals surface area contributed by atoms with Gasteiger partial charge in [-0.1, -0.05) is 26.8 Å². The summed E-state index contributed by atoms with van der Waals surface area (Å²) in [4.78, 5) is 61.0. The van der Waals surface area contributed by atoms with Crippen molar-refractivity contribution in [3.63, 3.8) is 0 Å². The Morgan fingerprint density at radius 2 is 1.78 bits per heavy atom. The molecule has 1 aromatic heterocycles. The number of methoxy groups -OCH3 is 1. The van der Waals surface area contributed by atoms with E-state index in [4.69, 9.17) is 14.2 Å². The third kappa shape index (κ3) is 7.92. The minimum atomic E-state index is -3.99. The largest absolute Gasteiger partial charge is 0.497 e. The van der Waals surface area contributed by atoms with Crippen molar-refractivity contribution in [2.24, 2.45) is 11.3 Å². The number of nitrogens with zero attached hydrogens (tertiary/aromatic N) is 2. The van der Waals surface area contributed by atoms with Crippen LogP contribution in [0.3, 0.4) is 0 Å². The molecule has 2 aliphatic carbocycles. The van der Waals surface area contributed by atoms with Gasteiger partial charge in [0, 0.05) is 23.9 Å². The van der Waals surface area contributed by atoms with Gasteiger partial charge in [0.2, 0.25) is 27.7 Å². The van der Waals surface area contributed by atoms with Gasteiger partial charge in [-0.15, -0.1) is 6.58 Å². The molecule has 51 heavy (non-hydrogen) atoms. The molecule has 2 saturated carbocycles. The fourth-order valence-corrected chi connectivity index (χ4v) is 7.55. The molecule has 0 spiro atoms. The molecule has 15 heteroatoms. The second-order valence-electron chi connectivity index (χ2n) is 16.0. The van der Waals surface area contributed by atoms with Crippen LogP contribution in [0.25, 0.3) is 10.8 Å². The van der Waals surface area contributed by atoms with Crippen molar-refractivity contribution in [2.75, 3.05) is 13.7 Å². The molecule has 3 fully saturated rings. The summed E-state index contributed by atoms with van der Waals surface area (Å²) in [5.41, 5.74) is -3.21. The summed E-state index contributed by atoms with van der Waals surface area (Å²) in [7, 11) is -2.43. The van der Waals surface area contributed by atoms with Gasteiger partial charge in [0.25, 0.3) is 5.91 Å². The standard InChI is InChI=1S/C36H49N5O9S/c1-10-22-19-36(22,31(44)40-51(46,47)35(8)14-15-35)39-28(42)26-18-24(49-29-25-12-11-23(48-9)17-21(25)13-16-37-29)20-41(26)30(43)27(33(2,3)4)38-32(45)50-34(5,6)7/h10-13,16-17,22,24,26-27H,1,14-15,18-20H2,2-9H3,(H,38,45)(H,39,42)(H,40,44)/t22-,24-,26?,27-,36-/m1/s1. The number of pyridine rings is 1. The van der Waals surface area contributed by atoms with Gasteiger partial charge < -0.3 is 29.7 Å². The lowest BCUT2D eigenvalue weighted by Crippen LogP contribution is -2.60. The van der Waals surface area contributed by atoms with E-state index in [0.29, 0.717) is 24.0 Å². The highest BCUT2D eigenvalue weighted by Gasteiger charge is 2.63. The van der Waals surface area contributed by atoms with Gasteiger partial charge in [-0.25, -0.2) is 18.2 Å². The summed E-state index contributed by atoms with van der Waals surface area (Å²) in [6.45, 7) is 15.7. The lowest BCUT2D eigenvalue weighted by molar-refractivity contribution is -0.143. The number of benzene rings is 1. The van der Waals surface area contributed by atoms with Crippen LogP contribution < -0.4 is 24.8 Å². The minimum absolute atomic E-state index is 0.0158. The molecular weight excluding hydrogens is 678 g/mol. The molecule has 14 nitrogen and oxygen atoms in total. The Balaban J connectivity index is 1.45. The molecule has 1 unspecified atom stereocenters. The minimum Gasteiger partial charge on any atom is -0.497 e. The zero-order valence-corrected chi connectivity index (χ0v) is 31.3. The first-order valence-corrected chi connectivity index (χ1v) is 18.5. The summed E-state index contributed by atoms with van der Waals surface area (Å²) in [6, 6.07) is 4.94. The van der Waals surface area contributed by atoms with Crippen LogP contribution >= 0.6 is 0 Å². The highest BCUT2D eigenvalue weighted by molar-refractivity contribution is 7.91. The average molecular weight is 728 g/mol. The zero-order valence-electron chi connectivity index (χ0n) is 30.5. The van der Waals surface area contributed by atoms with Crippen LogP contribution in [0.4, 0.5) is 4.79 Å². The molecule has 2 aromatic rings. The van der Waals surface area contributed by atoms with Crippen molar-refractivity contribution in [3.05, 3.63) is 43.1 Å². The maximum atomic E-state index is 14.4. The third-order valence-electron chi connectivity index (χ3n) is 9.72. The summed E-state index contributed by atoms with van der Waals surface area (Å²) in [5, 5.41) is 6.98. The normalized spacial score (nSPS) is 24.5. The predicted molar refractivity (Wildman–Crippen MR) is 189 cm³/mol. The van der Waals surface area contributed by atoms with Crippen LogP contribution in [0.1, 0.15) is 74.1 Å². The molecular formula is C36H49N5O9S. The van der Waals surface area contributed by atoms with Gasteiger partial charge in [-0.3, -0.25) is 19.1 Å². The number of carbonyl (C=O) groups is 4. The SMILES string of the molecule is C=C[C@@H]1C[C@]1(NC(=O)C1C[C@@H](Oc2nccc3cc(OC)ccc23)CN1C(=O)[C@@H](NC(=O)OC(C)(C)C)C(C)(C)C)C(=O)NS(=O)(=O)C1(C)CC1. The Kier molecular flexibility index (Phi) is 9.87. The molecule has 278 valence electrons. The van der Waals surface area contributed by atoms with Crippen LogP contribution in [-0.2, 0) is 29.1 Å². The quantitative estimate of drug-likeness (QED) is 0.290. The Morgan fingerprint density at radius 1 is 1.10 bits per heavy atom. The molecule has 3 N–H and O–H groups in total. The van der Waals surface area contributed by atoms with Gasteiger partial charge in [0.1, 0.15) is 35.1 Å². The van der Waals surface area contributed by atoms with E-state index < -0.39 is 79.2 Å². The van der Waals surface area contributed by atoms with Gasteiger partial charge in [-0.05, 0) is 82.0 Å². The maximum absolute atomic E-state index is 14.4. The summed E-state index contributed by atoms with van der Waals surface area (Å²) >= 11 is 0. The first kappa shape index (κ1) is 37.8. The number of ether oxygens (including phenoxy) is 3. The summed E-state index contributed by atoms with van der Waals surface area (Å²) in [6.07, 6.45) is 2.56. The number of hydrogen-bond donors (Lipinski definition) is 3. The first-order chi connectivity index (χ1) is 23.6. The molecule has 1 saturated heterocycles. The van der Waals surface area contributed by atoms with E-state index in [1.165, 1.54) is 11.0 Å². The lowest BCUT2D eigenvalue weighted by atomic mass is 9.85. The molecule has 4 amide bonds. The number of rotatable bonds is 11. The average Bonchev–Trinajstić information content (AvgIpc) is 3.92. The zero-order chi connectivity index (χ0) is 37.7. The van der Waals surface area contributed by atoms with Crippen LogP contribution in [0.5, 0.6) is 11.6 Å². The van der Waals surface area contributed by atoms with E-state index in [0.717, 1.165) is 5.39 Å². The number of fused-ring (bicyclic) bond motifs is 1. The first-order valence-electron chi connectivity index (χ1n) is 17.0. The van der Waals surface area contributed by atoms with Gasteiger partial charge >= 0.3 is 6.09 Å². The number of aromatic nitrogens is 1. The monoisotopic (exact) mass is 727 g/mol. The molecule has 1 aromatic carbocycles. The number of carbonyl (C=O) groups excluding carboxylic acids is 4. The summed E-state index contributed by atoms with van der Waals surface area (Å²) < 4.78 is 44.3. The van der Waals surface area contributed by atoms with Crippen LogP contribution in [0.2, 0.25) is 0 Å². The van der Waals surface area contributed by atoms with Crippen molar-refractivity contribution in [1.29, 1.82) is 0 Å². The van der Waals surface area contributed by atoms with E-state index in [1.807, 2.05) is 12.1 Å². The van der Waals surface area contributed by atoms with Crippen molar-refractivity contribution >= 4 is 44.6 Å². The van der Waals surface area contributed by atoms with Gasteiger partial charge in [-0.2, -0.15) is 0 Å². The number of likely N-dealkylation sites (tertiary alicyclic amines) is 1. The fraction of sp³-hybridized carbons (Fsp3) is 0.583. The molecule has 0 radical (unpaired) electrons. The maximum Gasteiger partial charge on any atom is 0.408 e. The number of sulfonamides is 1. The fourth-order valence-electron chi connectivity index (χ4n) is 6.24. The Labute approximate surface area is 299 Å². The van der Waals surface area contributed by atoms with Gasteiger partial charge in [0.15, 0.2) is 0 Å². The van der Waals surface area contributed by atoms with Crippen molar-refractivity contribution in [1.82, 2.24) is 25.2 Å². The number of amides is 4. The van der Waals surface area contributed by atoms with E-state index in [2.05, 4.69) is 26.9 Å². The molecule has 0 bridgehead atoms. The Bertz CT molecular complexity index is 1850. The molecule has 5 atom stereocenters. The molecule has 3 aliphatic rings. The van der Waals surface area contributed by atoms with Crippen LogP contribution in [0.15, 0.2) is 43.1 Å². The molecule has 5 rings (SSSR count). The highest BCUT2D eigenvalue weighted by Crippen LogP contribution is 2.47. The Morgan fingerprint density at radius 3 is 2.35 bits per heavy atom. The van der Waals surface area contributed by atoms with Crippen molar-refractivity contribution < 1.29 is 41.8 Å². The third-order valence-corrected chi connectivity index (χ3v) is 11.9. The Hall–Kier alpha value is -4.40. The molecule has 1 aliphatic heterocycles. The van der Waals surface area contributed by atoms with E-state index in [-0.39, 0.29) is 25.3 Å².